The standard InChI is InChI=1S/C22H28N4O2S/c27-21(23-15-19-5-4-14-28-19)16-29-22-11-10-20(24-25-22)17-6-8-18(9-7-17)26-12-2-1-3-13-26/h6-11,19H,1-5,12-16H2,(H,23,27)/t19-/m0/s1. The quantitative estimate of drug-likeness (QED) is 0.702. The van der Waals surface area contributed by atoms with Crippen LogP contribution in [0.15, 0.2) is 41.4 Å². The van der Waals surface area contributed by atoms with Gasteiger partial charge in [0.15, 0.2) is 0 Å². The van der Waals surface area contributed by atoms with E-state index in [2.05, 4.69) is 44.7 Å². The molecule has 2 aliphatic rings. The molecule has 29 heavy (non-hydrogen) atoms. The van der Waals surface area contributed by atoms with E-state index in [4.69, 9.17) is 4.74 Å². The summed E-state index contributed by atoms with van der Waals surface area (Å²) < 4.78 is 5.52. The number of carbonyl (C=O) groups is 1. The van der Waals surface area contributed by atoms with Crippen LogP contribution in [0.5, 0.6) is 0 Å². The van der Waals surface area contributed by atoms with Gasteiger partial charge in [-0.25, -0.2) is 0 Å². The first-order chi connectivity index (χ1) is 14.3. The third kappa shape index (κ3) is 5.70. The minimum atomic E-state index is 0.00433. The summed E-state index contributed by atoms with van der Waals surface area (Å²) in [7, 11) is 0. The van der Waals surface area contributed by atoms with Crippen molar-refractivity contribution in [2.45, 2.75) is 43.2 Å². The summed E-state index contributed by atoms with van der Waals surface area (Å²) in [6.07, 6.45) is 6.17. The molecule has 0 radical (unpaired) electrons. The van der Waals surface area contributed by atoms with Crippen LogP contribution in [-0.4, -0.2) is 54.2 Å². The highest BCUT2D eigenvalue weighted by Gasteiger charge is 2.16. The second-order valence-electron chi connectivity index (χ2n) is 7.58. The van der Waals surface area contributed by atoms with Crippen LogP contribution >= 0.6 is 11.8 Å². The van der Waals surface area contributed by atoms with Crippen LogP contribution in [0.1, 0.15) is 32.1 Å². The molecule has 0 bridgehead atoms. The summed E-state index contributed by atoms with van der Waals surface area (Å²) in [5, 5.41) is 12.3. The first-order valence-electron chi connectivity index (χ1n) is 10.5. The van der Waals surface area contributed by atoms with E-state index in [0.29, 0.717) is 12.3 Å². The summed E-state index contributed by atoms with van der Waals surface area (Å²) in [5.74, 6) is 0.343. The van der Waals surface area contributed by atoms with Crippen molar-refractivity contribution in [2.24, 2.45) is 0 Å². The molecule has 4 rings (SSSR count). The maximum Gasteiger partial charge on any atom is 0.230 e. The molecule has 2 aromatic rings. The highest BCUT2D eigenvalue weighted by Crippen LogP contribution is 2.25. The summed E-state index contributed by atoms with van der Waals surface area (Å²) in [6.45, 7) is 3.69. The van der Waals surface area contributed by atoms with E-state index in [0.717, 1.165) is 48.8 Å². The van der Waals surface area contributed by atoms with E-state index >= 15 is 0 Å². The zero-order valence-corrected chi connectivity index (χ0v) is 17.5. The third-order valence-electron chi connectivity index (χ3n) is 5.43. The molecule has 1 atom stereocenters. The molecule has 1 amide bonds. The lowest BCUT2D eigenvalue weighted by molar-refractivity contribution is -0.119. The van der Waals surface area contributed by atoms with Gasteiger partial charge in [-0.1, -0.05) is 23.9 Å². The van der Waals surface area contributed by atoms with Crippen molar-refractivity contribution in [1.82, 2.24) is 15.5 Å². The van der Waals surface area contributed by atoms with Gasteiger partial charge in [0.05, 0.1) is 17.6 Å². The number of nitrogens with zero attached hydrogens (tertiary/aromatic N) is 3. The Morgan fingerprint density at radius 3 is 2.59 bits per heavy atom. The smallest absolute Gasteiger partial charge is 0.230 e. The van der Waals surface area contributed by atoms with Gasteiger partial charge in [-0.3, -0.25) is 4.79 Å². The number of rotatable bonds is 7. The molecule has 2 fully saturated rings. The Balaban J connectivity index is 1.26. The van der Waals surface area contributed by atoms with E-state index < -0.39 is 0 Å². The van der Waals surface area contributed by atoms with E-state index in [1.165, 1.54) is 36.7 Å². The highest BCUT2D eigenvalue weighted by molar-refractivity contribution is 7.99. The van der Waals surface area contributed by atoms with Crippen molar-refractivity contribution < 1.29 is 9.53 Å². The van der Waals surface area contributed by atoms with Gasteiger partial charge in [-0.15, -0.1) is 10.2 Å². The Labute approximate surface area is 176 Å². The van der Waals surface area contributed by atoms with E-state index in [1.54, 1.807) is 0 Å². The second-order valence-corrected chi connectivity index (χ2v) is 8.57. The Hall–Kier alpha value is -2.12. The Morgan fingerprint density at radius 1 is 1.07 bits per heavy atom. The summed E-state index contributed by atoms with van der Waals surface area (Å²) in [4.78, 5) is 14.4. The maximum atomic E-state index is 12.0. The molecule has 0 saturated carbocycles. The molecule has 154 valence electrons. The number of amides is 1. The number of nitrogens with one attached hydrogen (secondary N) is 1. The number of hydrogen-bond acceptors (Lipinski definition) is 6. The maximum absolute atomic E-state index is 12.0. The van der Waals surface area contributed by atoms with Crippen LogP contribution in [0, 0.1) is 0 Å². The first-order valence-corrected chi connectivity index (χ1v) is 11.5. The fourth-order valence-electron chi connectivity index (χ4n) is 3.77. The highest BCUT2D eigenvalue weighted by atomic mass is 32.2. The molecule has 2 saturated heterocycles. The molecule has 1 aromatic carbocycles. The number of aromatic nitrogens is 2. The van der Waals surface area contributed by atoms with Crippen molar-refractivity contribution in [2.75, 3.05) is 36.9 Å². The minimum absolute atomic E-state index is 0.00433. The Morgan fingerprint density at radius 2 is 1.90 bits per heavy atom. The van der Waals surface area contributed by atoms with E-state index in [9.17, 15) is 4.79 Å². The first kappa shape index (κ1) is 20.2. The van der Waals surface area contributed by atoms with Crippen molar-refractivity contribution >= 4 is 23.4 Å². The predicted molar refractivity (Wildman–Crippen MR) is 116 cm³/mol. The third-order valence-corrected chi connectivity index (χ3v) is 6.35. The van der Waals surface area contributed by atoms with Gasteiger partial charge in [0.2, 0.25) is 5.91 Å². The van der Waals surface area contributed by atoms with Crippen LogP contribution < -0.4 is 10.2 Å². The zero-order chi connectivity index (χ0) is 19.9. The van der Waals surface area contributed by atoms with E-state index in [1.807, 2.05) is 12.1 Å². The second kappa shape index (κ2) is 10.1. The molecule has 2 aliphatic heterocycles. The average Bonchev–Trinajstić information content (AvgIpc) is 3.31. The Kier molecular flexibility index (Phi) is 7.00. The SMILES string of the molecule is O=C(CSc1ccc(-c2ccc(N3CCCCC3)cc2)nn1)NC[C@@H]1CCCO1. The topological polar surface area (TPSA) is 67.4 Å². The van der Waals surface area contributed by atoms with Crippen molar-refractivity contribution in [3.05, 3.63) is 36.4 Å². The van der Waals surface area contributed by atoms with Gasteiger partial charge in [0.25, 0.3) is 0 Å². The molecule has 1 N–H and O–H groups in total. The largest absolute Gasteiger partial charge is 0.376 e. The van der Waals surface area contributed by atoms with Gasteiger partial charge >= 0.3 is 0 Å². The monoisotopic (exact) mass is 412 g/mol. The number of carbonyl (C=O) groups excluding carboxylic acids is 1. The average molecular weight is 413 g/mol. The molecular formula is C22H28N4O2S. The summed E-state index contributed by atoms with van der Waals surface area (Å²) in [5.41, 5.74) is 3.19. The lowest BCUT2D eigenvalue weighted by atomic mass is 10.1. The molecule has 3 heterocycles. The normalized spacial score (nSPS) is 19.3. The van der Waals surface area contributed by atoms with Crippen LogP contribution in [0.3, 0.4) is 0 Å². The number of hydrogen-bond donors (Lipinski definition) is 1. The fourth-order valence-corrected chi connectivity index (χ4v) is 4.41. The number of benzene rings is 1. The minimum Gasteiger partial charge on any atom is -0.376 e. The van der Waals surface area contributed by atoms with Gasteiger partial charge in [-0.2, -0.15) is 0 Å². The summed E-state index contributed by atoms with van der Waals surface area (Å²) in [6, 6.07) is 12.5. The predicted octanol–water partition coefficient (Wildman–Crippen LogP) is 3.52. The van der Waals surface area contributed by atoms with E-state index in [-0.39, 0.29) is 12.0 Å². The van der Waals surface area contributed by atoms with Crippen molar-refractivity contribution in [1.29, 1.82) is 0 Å². The number of piperidine rings is 1. The van der Waals surface area contributed by atoms with Crippen molar-refractivity contribution in [3.8, 4) is 11.3 Å². The number of thioether (sulfide) groups is 1. The van der Waals surface area contributed by atoms with Gasteiger partial charge in [-0.05, 0) is 56.4 Å². The molecule has 0 spiro atoms. The van der Waals surface area contributed by atoms with Crippen LogP contribution in [0.4, 0.5) is 5.69 Å². The van der Waals surface area contributed by atoms with Gasteiger partial charge < -0.3 is 15.0 Å². The number of ether oxygens (including phenoxy) is 1. The number of anilines is 1. The fraction of sp³-hybridized carbons (Fsp3) is 0.500. The zero-order valence-electron chi connectivity index (χ0n) is 16.7. The molecule has 1 aromatic heterocycles. The summed E-state index contributed by atoms with van der Waals surface area (Å²) >= 11 is 1.40. The van der Waals surface area contributed by atoms with Gasteiger partial charge in [0, 0.05) is 37.5 Å². The lowest BCUT2D eigenvalue weighted by Crippen LogP contribution is -2.32. The molecule has 0 unspecified atom stereocenters. The van der Waals surface area contributed by atoms with Gasteiger partial charge in [0.1, 0.15) is 5.03 Å². The van der Waals surface area contributed by atoms with Crippen LogP contribution in [-0.2, 0) is 9.53 Å². The van der Waals surface area contributed by atoms with Crippen molar-refractivity contribution in [3.63, 3.8) is 0 Å². The molecule has 7 heteroatoms. The lowest BCUT2D eigenvalue weighted by Gasteiger charge is -2.28. The van der Waals surface area contributed by atoms with Crippen LogP contribution in [0.2, 0.25) is 0 Å². The van der Waals surface area contributed by atoms with Crippen LogP contribution in [0.25, 0.3) is 11.3 Å². The Bertz CT molecular complexity index is 785. The molecular weight excluding hydrogens is 384 g/mol. The molecule has 6 nitrogen and oxygen atoms in total. The molecule has 0 aliphatic carbocycles.